The standard InChI is InChI=1S/C12H15ClF2N2O3/c1-7(6-18)17-12(19)16-5-8-4-9(13)2-3-10(8)20-11(14)15/h2-4,7,11,18H,5-6H2,1H3,(H2,16,17,19). The minimum Gasteiger partial charge on any atom is -0.434 e. The van der Waals surface area contributed by atoms with E-state index in [1.54, 1.807) is 6.92 Å². The van der Waals surface area contributed by atoms with E-state index in [1.807, 2.05) is 0 Å². The van der Waals surface area contributed by atoms with Gasteiger partial charge in [0.2, 0.25) is 0 Å². The fourth-order valence-corrected chi connectivity index (χ4v) is 1.59. The molecular formula is C12H15ClF2N2O3. The number of ether oxygens (including phenoxy) is 1. The molecular weight excluding hydrogens is 294 g/mol. The highest BCUT2D eigenvalue weighted by Crippen LogP contribution is 2.24. The summed E-state index contributed by atoms with van der Waals surface area (Å²) >= 11 is 5.77. The van der Waals surface area contributed by atoms with Crippen LogP contribution in [0.4, 0.5) is 13.6 Å². The highest BCUT2D eigenvalue weighted by molar-refractivity contribution is 6.30. The van der Waals surface area contributed by atoms with Gasteiger partial charge in [0.05, 0.1) is 12.6 Å². The molecule has 0 bridgehead atoms. The van der Waals surface area contributed by atoms with Crippen LogP contribution < -0.4 is 15.4 Å². The number of benzene rings is 1. The van der Waals surface area contributed by atoms with Gasteiger partial charge in [0.15, 0.2) is 0 Å². The van der Waals surface area contributed by atoms with Crippen LogP contribution in [0.3, 0.4) is 0 Å². The number of hydrogen-bond donors (Lipinski definition) is 3. The molecule has 5 nitrogen and oxygen atoms in total. The average molecular weight is 309 g/mol. The Hall–Kier alpha value is -1.60. The van der Waals surface area contributed by atoms with Crippen LogP contribution in [0.2, 0.25) is 5.02 Å². The fourth-order valence-electron chi connectivity index (χ4n) is 1.39. The molecule has 1 aromatic rings. The zero-order chi connectivity index (χ0) is 15.1. The highest BCUT2D eigenvalue weighted by Gasteiger charge is 2.12. The molecule has 0 heterocycles. The van der Waals surface area contributed by atoms with Crippen molar-refractivity contribution in [2.45, 2.75) is 26.1 Å². The molecule has 3 N–H and O–H groups in total. The second-order valence-electron chi connectivity index (χ2n) is 4.04. The number of urea groups is 1. The number of halogens is 3. The number of aliphatic hydroxyl groups is 1. The predicted octanol–water partition coefficient (Wildman–Crippen LogP) is 2.12. The van der Waals surface area contributed by atoms with Crippen molar-refractivity contribution >= 4 is 17.6 Å². The van der Waals surface area contributed by atoms with Gasteiger partial charge in [-0.3, -0.25) is 0 Å². The Morgan fingerprint density at radius 2 is 2.20 bits per heavy atom. The van der Waals surface area contributed by atoms with Gasteiger partial charge in [-0.1, -0.05) is 11.6 Å². The molecule has 1 unspecified atom stereocenters. The number of amides is 2. The zero-order valence-corrected chi connectivity index (χ0v) is 11.5. The molecule has 1 rings (SSSR count). The van der Waals surface area contributed by atoms with Crippen molar-refractivity contribution in [3.63, 3.8) is 0 Å². The Morgan fingerprint density at radius 1 is 1.50 bits per heavy atom. The van der Waals surface area contributed by atoms with Crippen LogP contribution in [0.15, 0.2) is 18.2 Å². The van der Waals surface area contributed by atoms with Gasteiger partial charge in [-0.25, -0.2) is 4.79 Å². The number of carbonyl (C=O) groups is 1. The molecule has 112 valence electrons. The molecule has 0 saturated heterocycles. The summed E-state index contributed by atoms with van der Waals surface area (Å²) in [7, 11) is 0. The first-order valence-electron chi connectivity index (χ1n) is 5.81. The van der Waals surface area contributed by atoms with E-state index in [-0.39, 0.29) is 18.9 Å². The number of nitrogens with one attached hydrogen (secondary N) is 2. The van der Waals surface area contributed by atoms with Crippen molar-refractivity contribution in [2.24, 2.45) is 0 Å². The van der Waals surface area contributed by atoms with Crippen molar-refractivity contribution < 1.29 is 23.4 Å². The topological polar surface area (TPSA) is 70.6 Å². The van der Waals surface area contributed by atoms with Crippen LogP contribution in [0.1, 0.15) is 12.5 Å². The van der Waals surface area contributed by atoms with Crippen molar-refractivity contribution in [3.8, 4) is 5.75 Å². The molecule has 0 aromatic heterocycles. The van der Waals surface area contributed by atoms with Crippen LogP contribution >= 0.6 is 11.6 Å². The quantitative estimate of drug-likeness (QED) is 0.754. The molecule has 8 heteroatoms. The first kappa shape index (κ1) is 16.5. The van der Waals surface area contributed by atoms with E-state index in [0.717, 1.165) is 0 Å². The summed E-state index contributed by atoms with van der Waals surface area (Å²) in [5.74, 6) is -0.0556. The summed E-state index contributed by atoms with van der Waals surface area (Å²) in [4.78, 5) is 11.4. The van der Waals surface area contributed by atoms with E-state index < -0.39 is 18.7 Å². The second kappa shape index (κ2) is 7.86. The van der Waals surface area contributed by atoms with Crippen molar-refractivity contribution in [1.29, 1.82) is 0 Å². The van der Waals surface area contributed by atoms with Crippen LogP contribution in [-0.2, 0) is 6.54 Å². The summed E-state index contributed by atoms with van der Waals surface area (Å²) in [6.45, 7) is -1.58. The van der Waals surface area contributed by atoms with E-state index in [1.165, 1.54) is 18.2 Å². The minimum atomic E-state index is -2.96. The number of rotatable bonds is 6. The van der Waals surface area contributed by atoms with E-state index in [0.29, 0.717) is 10.6 Å². The Labute approximate surface area is 119 Å². The van der Waals surface area contributed by atoms with Gasteiger partial charge < -0.3 is 20.5 Å². The van der Waals surface area contributed by atoms with Gasteiger partial charge in [0.25, 0.3) is 0 Å². The molecule has 1 aromatic carbocycles. The third kappa shape index (κ3) is 5.58. The smallest absolute Gasteiger partial charge is 0.387 e. The van der Waals surface area contributed by atoms with E-state index in [2.05, 4.69) is 15.4 Å². The van der Waals surface area contributed by atoms with Gasteiger partial charge in [-0.05, 0) is 25.1 Å². The minimum absolute atomic E-state index is 0.0351. The molecule has 20 heavy (non-hydrogen) atoms. The molecule has 0 radical (unpaired) electrons. The van der Waals surface area contributed by atoms with E-state index in [9.17, 15) is 13.6 Å². The number of carbonyl (C=O) groups excluding carboxylic acids is 1. The molecule has 0 saturated carbocycles. The lowest BCUT2D eigenvalue weighted by Crippen LogP contribution is -2.42. The maximum Gasteiger partial charge on any atom is 0.387 e. The van der Waals surface area contributed by atoms with Crippen molar-refractivity contribution in [2.75, 3.05) is 6.61 Å². The van der Waals surface area contributed by atoms with Gasteiger partial charge in [-0.2, -0.15) is 8.78 Å². The average Bonchev–Trinajstić information content (AvgIpc) is 2.38. The third-order valence-corrected chi connectivity index (χ3v) is 2.56. The van der Waals surface area contributed by atoms with E-state index in [4.69, 9.17) is 16.7 Å². The zero-order valence-electron chi connectivity index (χ0n) is 10.7. The SMILES string of the molecule is CC(CO)NC(=O)NCc1cc(Cl)ccc1OC(F)F. The number of hydrogen-bond acceptors (Lipinski definition) is 3. The van der Waals surface area contributed by atoms with Crippen LogP contribution in [0, 0.1) is 0 Å². The Kier molecular flexibility index (Phi) is 6.47. The number of alkyl halides is 2. The Balaban J connectivity index is 2.66. The molecule has 0 aliphatic carbocycles. The number of aliphatic hydroxyl groups excluding tert-OH is 1. The first-order chi connectivity index (χ1) is 9.42. The normalized spacial score (nSPS) is 12.1. The lowest BCUT2D eigenvalue weighted by Gasteiger charge is -2.14. The molecule has 0 spiro atoms. The Bertz CT molecular complexity index is 460. The maximum atomic E-state index is 12.2. The van der Waals surface area contributed by atoms with Gasteiger partial charge in [-0.15, -0.1) is 0 Å². The first-order valence-corrected chi connectivity index (χ1v) is 6.18. The summed E-state index contributed by atoms with van der Waals surface area (Å²) in [6.07, 6.45) is 0. The van der Waals surface area contributed by atoms with Gasteiger partial charge in [0.1, 0.15) is 5.75 Å². The van der Waals surface area contributed by atoms with Crippen LogP contribution in [-0.4, -0.2) is 30.4 Å². The predicted molar refractivity (Wildman–Crippen MR) is 70.0 cm³/mol. The monoisotopic (exact) mass is 308 g/mol. The van der Waals surface area contributed by atoms with Crippen molar-refractivity contribution in [1.82, 2.24) is 10.6 Å². The maximum absolute atomic E-state index is 12.2. The second-order valence-corrected chi connectivity index (χ2v) is 4.48. The molecule has 0 aliphatic heterocycles. The largest absolute Gasteiger partial charge is 0.434 e. The molecule has 1 atom stereocenters. The lowest BCUT2D eigenvalue weighted by molar-refractivity contribution is -0.0504. The molecule has 0 fully saturated rings. The summed E-state index contributed by atoms with van der Waals surface area (Å²) in [5.41, 5.74) is 0.324. The highest BCUT2D eigenvalue weighted by atomic mass is 35.5. The van der Waals surface area contributed by atoms with Crippen LogP contribution in [0.5, 0.6) is 5.75 Å². The summed E-state index contributed by atoms with van der Waals surface area (Å²) in [6, 6.07) is 3.20. The van der Waals surface area contributed by atoms with E-state index >= 15 is 0 Å². The molecule has 0 aliphatic rings. The summed E-state index contributed by atoms with van der Waals surface area (Å²) < 4.78 is 28.8. The fraction of sp³-hybridized carbons (Fsp3) is 0.417. The Morgan fingerprint density at radius 3 is 2.80 bits per heavy atom. The third-order valence-electron chi connectivity index (χ3n) is 2.33. The summed E-state index contributed by atoms with van der Waals surface area (Å²) in [5, 5.41) is 14.0. The molecule has 2 amide bonds. The van der Waals surface area contributed by atoms with Crippen molar-refractivity contribution in [3.05, 3.63) is 28.8 Å². The van der Waals surface area contributed by atoms with Gasteiger partial charge >= 0.3 is 12.6 Å². The van der Waals surface area contributed by atoms with Crippen LogP contribution in [0.25, 0.3) is 0 Å². The van der Waals surface area contributed by atoms with Gasteiger partial charge in [0, 0.05) is 17.1 Å². The lowest BCUT2D eigenvalue weighted by atomic mass is 10.2.